The molecule has 1 aromatic carbocycles. The first kappa shape index (κ1) is 19.0. The highest BCUT2D eigenvalue weighted by Crippen LogP contribution is 2.37. The van der Waals surface area contributed by atoms with Gasteiger partial charge in [-0.2, -0.15) is 0 Å². The second-order valence-corrected chi connectivity index (χ2v) is 8.96. The van der Waals surface area contributed by atoms with Gasteiger partial charge >= 0.3 is 5.97 Å². The summed E-state index contributed by atoms with van der Waals surface area (Å²) in [5.41, 5.74) is 1.07. The molecule has 1 aliphatic rings. The molecule has 0 unspecified atom stereocenters. The lowest BCUT2D eigenvalue weighted by molar-refractivity contribution is -0.153. The largest absolute Gasteiger partial charge is 0.461 e. The lowest BCUT2D eigenvalue weighted by Gasteiger charge is -2.36. The van der Waals surface area contributed by atoms with Crippen molar-refractivity contribution in [2.24, 2.45) is 17.8 Å². The zero-order chi connectivity index (χ0) is 17.0. The Kier molecular flexibility index (Phi) is 7.15. The number of hydrogen-bond acceptors (Lipinski definition) is 2. The fourth-order valence-corrected chi connectivity index (χ4v) is 4.15. The van der Waals surface area contributed by atoms with Gasteiger partial charge in [-0.05, 0) is 42.6 Å². The predicted molar refractivity (Wildman–Crippen MR) is 102 cm³/mol. The minimum Gasteiger partial charge on any atom is -0.461 e. The molecule has 4 heteroatoms. The van der Waals surface area contributed by atoms with Gasteiger partial charge in [-0.3, -0.25) is 4.79 Å². The highest BCUT2D eigenvalue weighted by Gasteiger charge is 2.34. The average Bonchev–Trinajstić information content (AvgIpc) is 2.56. The van der Waals surface area contributed by atoms with E-state index >= 15 is 0 Å². The minimum atomic E-state index is -0.378. The van der Waals surface area contributed by atoms with Crippen LogP contribution in [0.4, 0.5) is 0 Å². The van der Waals surface area contributed by atoms with E-state index in [2.05, 4.69) is 52.6 Å². The van der Waals surface area contributed by atoms with Crippen molar-refractivity contribution in [3.8, 4) is 0 Å². The Morgan fingerprint density at radius 3 is 2.43 bits per heavy atom. The Labute approximate surface area is 156 Å². The molecule has 0 saturated heterocycles. The first-order valence-electron chi connectivity index (χ1n) is 8.43. The lowest BCUT2D eigenvalue weighted by atomic mass is 9.76. The molecule has 0 spiro atoms. The summed E-state index contributed by atoms with van der Waals surface area (Å²) in [5.74, 6) is 1.58. The van der Waals surface area contributed by atoms with Crippen molar-refractivity contribution in [3.05, 3.63) is 35.9 Å². The predicted octanol–water partition coefficient (Wildman–Crippen LogP) is 5.89. The van der Waals surface area contributed by atoms with E-state index in [0.29, 0.717) is 17.8 Å². The fourth-order valence-electron chi connectivity index (χ4n) is 3.22. The normalized spacial score (nSPS) is 27.5. The summed E-state index contributed by atoms with van der Waals surface area (Å²) in [7, 11) is 0. The summed E-state index contributed by atoms with van der Waals surface area (Å²) in [6, 6.07) is 9.95. The van der Waals surface area contributed by atoms with Gasteiger partial charge in [0, 0.05) is 0 Å². The van der Waals surface area contributed by atoms with E-state index in [1.807, 2.05) is 30.3 Å². The SMILES string of the molecule is CC(C)[C@@H]1CC[C@@H](C)[C@@H](OC(=O)[C@H](Br)[C@H](Br)c2ccccc2)C1. The van der Waals surface area contributed by atoms with Crippen LogP contribution in [-0.2, 0) is 9.53 Å². The Balaban J connectivity index is 1.97. The van der Waals surface area contributed by atoms with E-state index in [9.17, 15) is 4.79 Å². The van der Waals surface area contributed by atoms with Crippen LogP contribution >= 0.6 is 31.9 Å². The Bertz CT molecular complexity index is 503. The summed E-state index contributed by atoms with van der Waals surface area (Å²) >= 11 is 7.13. The van der Waals surface area contributed by atoms with Crippen LogP contribution in [0.5, 0.6) is 0 Å². The third kappa shape index (κ3) is 5.06. The zero-order valence-electron chi connectivity index (χ0n) is 14.0. The van der Waals surface area contributed by atoms with Gasteiger partial charge in [-0.25, -0.2) is 0 Å². The van der Waals surface area contributed by atoms with Gasteiger partial charge < -0.3 is 4.74 Å². The summed E-state index contributed by atoms with van der Waals surface area (Å²) in [4.78, 5) is 12.1. The topological polar surface area (TPSA) is 26.3 Å². The number of carbonyl (C=O) groups is 1. The zero-order valence-corrected chi connectivity index (χ0v) is 17.2. The monoisotopic (exact) mass is 444 g/mol. The Morgan fingerprint density at radius 1 is 1.17 bits per heavy atom. The number of alkyl halides is 2. The average molecular weight is 446 g/mol. The first-order chi connectivity index (χ1) is 10.9. The quantitative estimate of drug-likeness (QED) is 0.417. The lowest BCUT2D eigenvalue weighted by Crippen LogP contribution is -2.36. The van der Waals surface area contributed by atoms with Gasteiger partial charge in [-0.15, -0.1) is 0 Å². The van der Waals surface area contributed by atoms with Crippen molar-refractivity contribution in [2.75, 3.05) is 0 Å². The Hall–Kier alpha value is -0.350. The first-order valence-corrected chi connectivity index (χ1v) is 10.3. The summed E-state index contributed by atoms with van der Waals surface area (Å²) < 4.78 is 5.87. The number of carbonyl (C=O) groups excluding carboxylic acids is 1. The van der Waals surface area contributed by atoms with Crippen LogP contribution in [0.1, 0.15) is 50.4 Å². The number of rotatable bonds is 5. The molecule has 1 fully saturated rings. The highest BCUT2D eigenvalue weighted by atomic mass is 79.9. The van der Waals surface area contributed by atoms with E-state index in [1.165, 1.54) is 6.42 Å². The number of esters is 1. The standard InChI is InChI=1S/C19H26Br2O2/c1-12(2)15-10-9-13(3)16(11-15)23-19(22)18(21)17(20)14-7-5-4-6-8-14/h4-8,12-13,15-18H,9-11H2,1-3H3/t13-,15-,16+,17-,18-/m1/s1. The van der Waals surface area contributed by atoms with Gasteiger partial charge in [0.1, 0.15) is 10.9 Å². The van der Waals surface area contributed by atoms with Crippen LogP contribution in [-0.4, -0.2) is 16.9 Å². The third-order valence-electron chi connectivity index (χ3n) is 4.97. The number of hydrogen-bond donors (Lipinski definition) is 0. The minimum absolute atomic E-state index is 0.0409. The molecule has 128 valence electrons. The van der Waals surface area contributed by atoms with Crippen molar-refractivity contribution in [3.63, 3.8) is 0 Å². The number of benzene rings is 1. The van der Waals surface area contributed by atoms with Crippen LogP contribution in [0.2, 0.25) is 0 Å². The van der Waals surface area contributed by atoms with E-state index < -0.39 is 0 Å². The van der Waals surface area contributed by atoms with E-state index in [0.717, 1.165) is 18.4 Å². The maximum atomic E-state index is 12.5. The van der Waals surface area contributed by atoms with E-state index in [-0.39, 0.29) is 21.7 Å². The molecular weight excluding hydrogens is 420 g/mol. The molecule has 1 saturated carbocycles. The van der Waals surface area contributed by atoms with Crippen LogP contribution in [0.3, 0.4) is 0 Å². The number of halogens is 2. The van der Waals surface area contributed by atoms with Crippen molar-refractivity contribution >= 4 is 37.8 Å². The maximum absolute atomic E-state index is 12.5. The van der Waals surface area contributed by atoms with Crippen LogP contribution < -0.4 is 0 Å². The molecule has 23 heavy (non-hydrogen) atoms. The molecular formula is C19H26Br2O2. The molecule has 0 amide bonds. The van der Waals surface area contributed by atoms with Crippen molar-refractivity contribution < 1.29 is 9.53 Å². The molecule has 0 aliphatic heterocycles. The van der Waals surface area contributed by atoms with Gasteiger partial charge in [-0.1, -0.05) is 83.0 Å². The molecule has 5 atom stereocenters. The maximum Gasteiger partial charge on any atom is 0.321 e. The van der Waals surface area contributed by atoms with Gasteiger partial charge in [0.15, 0.2) is 0 Å². The molecule has 2 nitrogen and oxygen atoms in total. The van der Waals surface area contributed by atoms with E-state index in [1.54, 1.807) is 0 Å². The molecule has 1 aromatic rings. The number of ether oxygens (including phenoxy) is 1. The molecule has 0 N–H and O–H groups in total. The summed E-state index contributed by atoms with van der Waals surface area (Å²) in [5, 5.41) is 0. The van der Waals surface area contributed by atoms with Gasteiger partial charge in [0.05, 0.1) is 4.83 Å². The Morgan fingerprint density at radius 2 is 1.83 bits per heavy atom. The highest BCUT2D eigenvalue weighted by molar-refractivity contribution is 9.12. The second kappa shape index (κ2) is 8.66. The van der Waals surface area contributed by atoms with Crippen molar-refractivity contribution in [1.29, 1.82) is 0 Å². The third-order valence-corrected chi connectivity index (χ3v) is 7.64. The van der Waals surface area contributed by atoms with Crippen LogP contribution in [0, 0.1) is 17.8 Å². The van der Waals surface area contributed by atoms with Gasteiger partial charge in [0.2, 0.25) is 0 Å². The molecule has 0 radical (unpaired) electrons. The molecule has 0 bridgehead atoms. The van der Waals surface area contributed by atoms with E-state index in [4.69, 9.17) is 4.74 Å². The van der Waals surface area contributed by atoms with Crippen LogP contribution in [0.25, 0.3) is 0 Å². The fraction of sp³-hybridized carbons (Fsp3) is 0.632. The summed E-state index contributed by atoms with van der Waals surface area (Å²) in [6.45, 7) is 6.72. The van der Waals surface area contributed by atoms with Gasteiger partial charge in [0.25, 0.3) is 0 Å². The molecule has 2 rings (SSSR count). The molecule has 0 heterocycles. The molecule has 0 aromatic heterocycles. The van der Waals surface area contributed by atoms with Crippen molar-refractivity contribution in [2.45, 2.75) is 55.8 Å². The smallest absolute Gasteiger partial charge is 0.321 e. The van der Waals surface area contributed by atoms with Crippen molar-refractivity contribution in [1.82, 2.24) is 0 Å². The van der Waals surface area contributed by atoms with Crippen LogP contribution in [0.15, 0.2) is 30.3 Å². The summed E-state index contributed by atoms with van der Waals surface area (Å²) in [6.07, 6.45) is 3.42. The second-order valence-electron chi connectivity index (χ2n) is 6.98. The molecule has 1 aliphatic carbocycles.